The highest BCUT2D eigenvalue weighted by Gasteiger charge is 1.99. The summed E-state index contributed by atoms with van der Waals surface area (Å²) in [4.78, 5) is 11.1. The maximum Gasteiger partial charge on any atom is 0.307 e. The van der Waals surface area contributed by atoms with Crippen molar-refractivity contribution < 1.29 is 5.11 Å². The standard InChI is InChI=1S/C7H11NO2S/c1-6-5-11-7(10)8(6)3-2-4-9/h5,9H,2-4H2,1H3. The van der Waals surface area contributed by atoms with Crippen molar-refractivity contribution in [1.82, 2.24) is 4.57 Å². The molecule has 0 amide bonds. The van der Waals surface area contributed by atoms with Gasteiger partial charge in [-0.2, -0.15) is 0 Å². The smallest absolute Gasteiger partial charge is 0.307 e. The zero-order valence-electron chi connectivity index (χ0n) is 6.41. The molecule has 62 valence electrons. The Labute approximate surface area is 68.9 Å². The van der Waals surface area contributed by atoms with Gasteiger partial charge in [-0.05, 0) is 13.3 Å². The molecule has 0 aromatic carbocycles. The molecule has 0 spiro atoms. The minimum Gasteiger partial charge on any atom is -0.396 e. The zero-order valence-corrected chi connectivity index (χ0v) is 7.23. The van der Waals surface area contributed by atoms with Crippen LogP contribution in [-0.4, -0.2) is 16.3 Å². The van der Waals surface area contributed by atoms with Crippen molar-refractivity contribution in [2.75, 3.05) is 6.61 Å². The lowest BCUT2D eigenvalue weighted by Gasteiger charge is -2.00. The maximum absolute atomic E-state index is 11.0. The van der Waals surface area contributed by atoms with E-state index >= 15 is 0 Å². The predicted molar refractivity (Wildman–Crippen MR) is 45.0 cm³/mol. The normalized spacial score (nSPS) is 10.4. The van der Waals surface area contributed by atoms with Gasteiger partial charge in [0.05, 0.1) is 0 Å². The second kappa shape index (κ2) is 3.69. The van der Waals surface area contributed by atoms with Crippen molar-refractivity contribution in [3.63, 3.8) is 0 Å². The number of aryl methyl sites for hydroxylation is 1. The van der Waals surface area contributed by atoms with E-state index in [0.29, 0.717) is 13.0 Å². The molecule has 0 aliphatic heterocycles. The molecule has 1 aromatic rings. The van der Waals surface area contributed by atoms with Crippen LogP contribution in [0.3, 0.4) is 0 Å². The molecule has 3 nitrogen and oxygen atoms in total. The Balaban J connectivity index is 2.75. The van der Waals surface area contributed by atoms with Crippen molar-refractivity contribution in [2.45, 2.75) is 19.9 Å². The summed E-state index contributed by atoms with van der Waals surface area (Å²) < 4.78 is 1.68. The molecule has 0 saturated heterocycles. The molecule has 0 fully saturated rings. The first-order valence-corrected chi connectivity index (χ1v) is 4.39. The average Bonchev–Trinajstić information content (AvgIpc) is 2.29. The lowest BCUT2D eigenvalue weighted by molar-refractivity contribution is 0.279. The van der Waals surface area contributed by atoms with Crippen LogP contribution in [0.15, 0.2) is 10.2 Å². The lowest BCUT2D eigenvalue weighted by atomic mass is 10.4. The van der Waals surface area contributed by atoms with Crippen LogP contribution in [0.5, 0.6) is 0 Å². The number of aliphatic hydroxyl groups is 1. The number of hydrogen-bond acceptors (Lipinski definition) is 3. The first kappa shape index (κ1) is 8.49. The molecular weight excluding hydrogens is 162 g/mol. The quantitative estimate of drug-likeness (QED) is 0.727. The van der Waals surface area contributed by atoms with Gasteiger partial charge in [-0.25, -0.2) is 0 Å². The van der Waals surface area contributed by atoms with E-state index in [1.807, 2.05) is 12.3 Å². The second-order valence-electron chi connectivity index (χ2n) is 2.37. The van der Waals surface area contributed by atoms with Crippen LogP contribution >= 0.6 is 11.3 Å². The molecule has 11 heavy (non-hydrogen) atoms. The van der Waals surface area contributed by atoms with Gasteiger partial charge in [-0.15, -0.1) is 0 Å². The first-order valence-electron chi connectivity index (χ1n) is 3.51. The molecule has 1 rings (SSSR count). The van der Waals surface area contributed by atoms with Crippen molar-refractivity contribution in [3.8, 4) is 0 Å². The summed E-state index contributed by atoms with van der Waals surface area (Å²) in [6.07, 6.45) is 0.650. The van der Waals surface area contributed by atoms with E-state index < -0.39 is 0 Å². The SMILES string of the molecule is Cc1csc(=O)n1CCCO. The minimum atomic E-state index is 0.0657. The topological polar surface area (TPSA) is 42.2 Å². The summed E-state index contributed by atoms with van der Waals surface area (Å²) in [6, 6.07) is 0. The Bertz CT molecular complexity index is 276. The molecule has 1 aromatic heterocycles. The fourth-order valence-electron chi connectivity index (χ4n) is 0.903. The van der Waals surface area contributed by atoms with Gasteiger partial charge in [0, 0.05) is 24.2 Å². The molecule has 1 N–H and O–H groups in total. The number of nitrogens with zero attached hydrogens (tertiary/aromatic N) is 1. The Morgan fingerprint density at radius 2 is 2.45 bits per heavy atom. The first-order chi connectivity index (χ1) is 5.25. The number of aromatic nitrogens is 1. The molecule has 0 saturated carbocycles. The van der Waals surface area contributed by atoms with Crippen molar-refractivity contribution in [2.24, 2.45) is 0 Å². The molecule has 0 radical (unpaired) electrons. The van der Waals surface area contributed by atoms with Gasteiger partial charge in [0.1, 0.15) is 0 Å². The van der Waals surface area contributed by atoms with E-state index in [1.54, 1.807) is 4.57 Å². The molecule has 0 aliphatic carbocycles. The van der Waals surface area contributed by atoms with Crippen molar-refractivity contribution >= 4 is 11.3 Å². The fourth-order valence-corrected chi connectivity index (χ4v) is 1.66. The average molecular weight is 173 g/mol. The number of hydrogen-bond donors (Lipinski definition) is 1. The van der Waals surface area contributed by atoms with Gasteiger partial charge in [0.2, 0.25) is 0 Å². The van der Waals surface area contributed by atoms with Gasteiger partial charge in [0.15, 0.2) is 0 Å². The molecule has 0 bridgehead atoms. The molecule has 4 heteroatoms. The fraction of sp³-hybridized carbons (Fsp3) is 0.571. The van der Waals surface area contributed by atoms with Crippen molar-refractivity contribution in [3.05, 3.63) is 20.7 Å². The Morgan fingerprint density at radius 3 is 2.91 bits per heavy atom. The summed E-state index contributed by atoms with van der Waals surface area (Å²) in [6.45, 7) is 2.67. The number of aliphatic hydroxyl groups excluding tert-OH is 1. The van der Waals surface area contributed by atoms with Crippen LogP contribution < -0.4 is 4.87 Å². The molecule has 1 heterocycles. The second-order valence-corrected chi connectivity index (χ2v) is 3.19. The Morgan fingerprint density at radius 1 is 1.73 bits per heavy atom. The maximum atomic E-state index is 11.0. The van der Waals surface area contributed by atoms with Gasteiger partial charge in [-0.3, -0.25) is 4.79 Å². The highest BCUT2D eigenvalue weighted by atomic mass is 32.1. The van der Waals surface area contributed by atoms with Gasteiger partial charge in [-0.1, -0.05) is 11.3 Å². The third-order valence-electron chi connectivity index (χ3n) is 1.52. The van der Waals surface area contributed by atoms with Crippen LogP contribution in [0.4, 0.5) is 0 Å². The third kappa shape index (κ3) is 1.91. The third-order valence-corrected chi connectivity index (χ3v) is 2.40. The van der Waals surface area contributed by atoms with Gasteiger partial charge < -0.3 is 9.67 Å². The highest BCUT2D eigenvalue weighted by Crippen LogP contribution is 1.99. The van der Waals surface area contributed by atoms with E-state index in [1.165, 1.54) is 11.3 Å². The van der Waals surface area contributed by atoms with E-state index in [-0.39, 0.29) is 11.5 Å². The molecule has 0 atom stereocenters. The summed E-state index contributed by atoms with van der Waals surface area (Å²) in [5, 5.41) is 10.4. The van der Waals surface area contributed by atoms with Crippen LogP contribution in [0, 0.1) is 6.92 Å². The minimum absolute atomic E-state index is 0.0657. The van der Waals surface area contributed by atoms with Gasteiger partial charge in [0.25, 0.3) is 0 Å². The van der Waals surface area contributed by atoms with Crippen LogP contribution in [0.1, 0.15) is 12.1 Å². The summed E-state index contributed by atoms with van der Waals surface area (Å²) >= 11 is 1.21. The summed E-state index contributed by atoms with van der Waals surface area (Å²) in [5.41, 5.74) is 0.980. The predicted octanol–water partition coefficient (Wildman–Crippen LogP) is 0.601. The van der Waals surface area contributed by atoms with E-state index in [4.69, 9.17) is 5.11 Å². The van der Waals surface area contributed by atoms with E-state index in [9.17, 15) is 4.79 Å². The summed E-state index contributed by atoms with van der Waals surface area (Å²) in [5.74, 6) is 0. The Hall–Kier alpha value is -0.610. The largest absolute Gasteiger partial charge is 0.396 e. The zero-order chi connectivity index (χ0) is 8.27. The van der Waals surface area contributed by atoms with Crippen molar-refractivity contribution in [1.29, 1.82) is 0 Å². The summed E-state index contributed by atoms with van der Waals surface area (Å²) in [7, 11) is 0. The lowest BCUT2D eigenvalue weighted by Crippen LogP contribution is -2.15. The number of rotatable bonds is 3. The van der Waals surface area contributed by atoms with Crippen LogP contribution in [-0.2, 0) is 6.54 Å². The van der Waals surface area contributed by atoms with E-state index in [0.717, 1.165) is 5.69 Å². The number of thiazole rings is 1. The van der Waals surface area contributed by atoms with Crippen LogP contribution in [0.25, 0.3) is 0 Å². The highest BCUT2D eigenvalue weighted by molar-refractivity contribution is 7.07. The molecular formula is C7H11NO2S. The van der Waals surface area contributed by atoms with E-state index in [2.05, 4.69) is 0 Å². The Kier molecular flexibility index (Phi) is 2.84. The van der Waals surface area contributed by atoms with Gasteiger partial charge >= 0.3 is 4.87 Å². The van der Waals surface area contributed by atoms with Crippen LogP contribution in [0.2, 0.25) is 0 Å². The molecule has 0 unspecified atom stereocenters. The monoisotopic (exact) mass is 173 g/mol. The molecule has 0 aliphatic rings.